The first-order chi connectivity index (χ1) is 5.22. The van der Waals surface area contributed by atoms with Gasteiger partial charge in [-0.3, -0.25) is 0 Å². The number of thioether (sulfide) groups is 1. The number of hydrogen-bond acceptors (Lipinski definition) is 3. The zero-order valence-corrected chi connectivity index (χ0v) is 7.81. The van der Waals surface area contributed by atoms with E-state index in [0.717, 1.165) is 12.8 Å². The summed E-state index contributed by atoms with van der Waals surface area (Å²) in [4.78, 5) is 0. The number of aliphatic hydroxyl groups excluding tert-OH is 1. The fourth-order valence-electron chi connectivity index (χ4n) is 1.47. The molecule has 0 aliphatic heterocycles. The monoisotopic (exact) mass is 175 g/mol. The van der Waals surface area contributed by atoms with E-state index in [0.29, 0.717) is 16.5 Å². The lowest BCUT2D eigenvalue weighted by molar-refractivity contribution is 0.299. The van der Waals surface area contributed by atoms with Gasteiger partial charge in [0.05, 0.1) is 6.61 Å². The summed E-state index contributed by atoms with van der Waals surface area (Å²) in [5, 5.41) is 9.89. The third kappa shape index (κ3) is 3.01. The molecule has 0 aromatic rings. The van der Waals surface area contributed by atoms with Crippen LogP contribution >= 0.6 is 11.8 Å². The van der Waals surface area contributed by atoms with Crippen molar-refractivity contribution in [2.75, 3.05) is 6.61 Å². The molecule has 0 amide bonds. The van der Waals surface area contributed by atoms with Crippen molar-refractivity contribution in [3.05, 3.63) is 0 Å². The lowest BCUT2D eigenvalue weighted by Crippen LogP contribution is -2.16. The summed E-state index contributed by atoms with van der Waals surface area (Å²) in [5.41, 5.74) is 5.77. The van der Waals surface area contributed by atoms with Crippen molar-refractivity contribution in [3.8, 4) is 0 Å². The van der Waals surface area contributed by atoms with Gasteiger partial charge in [0.15, 0.2) is 0 Å². The standard InChI is InChI=1S/C8H17NOS/c1-6(5-10)11-8-3-2-7(9)4-8/h6-8,10H,2-5,9H2,1H3. The molecule has 0 bridgehead atoms. The summed E-state index contributed by atoms with van der Waals surface area (Å²) < 4.78 is 0. The quantitative estimate of drug-likeness (QED) is 0.672. The lowest BCUT2D eigenvalue weighted by Gasteiger charge is -2.13. The average Bonchev–Trinajstić information content (AvgIpc) is 2.35. The fourth-order valence-corrected chi connectivity index (χ4v) is 2.84. The van der Waals surface area contributed by atoms with Crippen molar-refractivity contribution >= 4 is 11.8 Å². The van der Waals surface area contributed by atoms with Crippen LogP contribution in [-0.2, 0) is 0 Å². The topological polar surface area (TPSA) is 46.2 Å². The second-order valence-corrected chi connectivity index (χ2v) is 5.07. The highest BCUT2D eigenvalue weighted by Gasteiger charge is 2.23. The van der Waals surface area contributed by atoms with Gasteiger partial charge in [0, 0.05) is 16.5 Å². The molecule has 1 aliphatic carbocycles. The molecular formula is C8H17NOS. The highest BCUT2D eigenvalue weighted by molar-refractivity contribution is 8.00. The molecule has 1 rings (SSSR count). The van der Waals surface area contributed by atoms with Gasteiger partial charge in [0.2, 0.25) is 0 Å². The first kappa shape index (κ1) is 9.36. The van der Waals surface area contributed by atoms with Gasteiger partial charge in [-0.15, -0.1) is 0 Å². The van der Waals surface area contributed by atoms with Crippen LogP contribution in [0, 0.1) is 0 Å². The molecule has 2 nitrogen and oxygen atoms in total. The van der Waals surface area contributed by atoms with Gasteiger partial charge >= 0.3 is 0 Å². The summed E-state index contributed by atoms with van der Waals surface area (Å²) in [6.45, 7) is 2.35. The van der Waals surface area contributed by atoms with E-state index in [2.05, 4.69) is 6.92 Å². The second kappa shape index (κ2) is 4.33. The van der Waals surface area contributed by atoms with Gasteiger partial charge in [0.25, 0.3) is 0 Å². The van der Waals surface area contributed by atoms with Crippen LogP contribution in [0.3, 0.4) is 0 Å². The Bertz CT molecular complexity index is 121. The fraction of sp³-hybridized carbons (Fsp3) is 1.00. The van der Waals surface area contributed by atoms with E-state index in [1.54, 1.807) is 0 Å². The van der Waals surface area contributed by atoms with Crippen molar-refractivity contribution < 1.29 is 5.11 Å². The van der Waals surface area contributed by atoms with Crippen LogP contribution in [0.25, 0.3) is 0 Å². The van der Waals surface area contributed by atoms with Crippen molar-refractivity contribution in [2.45, 2.75) is 42.7 Å². The maximum Gasteiger partial charge on any atom is 0.0547 e. The Hall–Kier alpha value is 0.270. The minimum Gasteiger partial charge on any atom is -0.395 e. The molecule has 0 aromatic heterocycles. The van der Waals surface area contributed by atoms with E-state index in [1.165, 1.54) is 6.42 Å². The number of aliphatic hydroxyl groups is 1. The SMILES string of the molecule is CC(CO)SC1CCC(N)C1. The molecule has 3 atom stereocenters. The smallest absolute Gasteiger partial charge is 0.0547 e. The highest BCUT2D eigenvalue weighted by atomic mass is 32.2. The predicted octanol–water partition coefficient (Wildman–Crippen LogP) is 0.980. The lowest BCUT2D eigenvalue weighted by atomic mass is 10.3. The Morgan fingerprint density at radius 3 is 2.82 bits per heavy atom. The molecule has 1 saturated carbocycles. The summed E-state index contributed by atoms with van der Waals surface area (Å²) in [6, 6.07) is 0.415. The first-order valence-electron chi connectivity index (χ1n) is 4.24. The largest absolute Gasteiger partial charge is 0.395 e. The molecule has 0 saturated heterocycles. The van der Waals surface area contributed by atoms with E-state index in [9.17, 15) is 0 Å². The summed E-state index contributed by atoms with van der Waals surface area (Å²) in [6.07, 6.45) is 3.53. The van der Waals surface area contributed by atoms with Gasteiger partial charge in [-0.05, 0) is 19.3 Å². The molecule has 0 radical (unpaired) electrons. The molecular weight excluding hydrogens is 158 g/mol. The van der Waals surface area contributed by atoms with E-state index < -0.39 is 0 Å². The number of hydrogen-bond donors (Lipinski definition) is 2. The maximum absolute atomic E-state index is 8.81. The van der Waals surface area contributed by atoms with Crippen LogP contribution in [0.5, 0.6) is 0 Å². The summed E-state index contributed by atoms with van der Waals surface area (Å²) in [5.74, 6) is 0. The molecule has 11 heavy (non-hydrogen) atoms. The molecule has 3 unspecified atom stereocenters. The minimum atomic E-state index is 0.288. The van der Waals surface area contributed by atoms with Crippen molar-refractivity contribution in [3.63, 3.8) is 0 Å². The second-order valence-electron chi connectivity index (χ2n) is 3.32. The Morgan fingerprint density at radius 1 is 1.64 bits per heavy atom. The summed E-state index contributed by atoms with van der Waals surface area (Å²) in [7, 11) is 0. The van der Waals surface area contributed by atoms with E-state index in [-0.39, 0.29) is 6.61 Å². The minimum absolute atomic E-state index is 0.288. The van der Waals surface area contributed by atoms with Crippen LogP contribution in [0.4, 0.5) is 0 Å². The molecule has 3 N–H and O–H groups in total. The zero-order chi connectivity index (χ0) is 8.27. The normalized spacial score (nSPS) is 34.1. The average molecular weight is 175 g/mol. The molecule has 66 valence electrons. The van der Waals surface area contributed by atoms with E-state index in [4.69, 9.17) is 10.8 Å². The van der Waals surface area contributed by atoms with Gasteiger partial charge in [-0.2, -0.15) is 11.8 Å². The highest BCUT2D eigenvalue weighted by Crippen LogP contribution is 2.31. The van der Waals surface area contributed by atoms with Crippen LogP contribution < -0.4 is 5.73 Å². The molecule has 0 heterocycles. The van der Waals surface area contributed by atoms with Crippen molar-refractivity contribution in [1.29, 1.82) is 0 Å². The van der Waals surface area contributed by atoms with E-state index in [1.807, 2.05) is 11.8 Å². The maximum atomic E-state index is 8.81. The molecule has 0 spiro atoms. The Kier molecular flexibility index (Phi) is 3.69. The molecule has 1 aliphatic rings. The van der Waals surface area contributed by atoms with Crippen LogP contribution in [0.2, 0.25) is 0 Å². The van der Waals surface area contributed by atoms with Gasteiger partial charge in [0.1, 0.15) is 0 Å². The zero-order valence-electron chi connectivity index (χ0n) is 6.99. The Morgan fingerprint density at radius 2 is 2.36 bits per heavy atom. The number of nitrogens with two attached hydrogens (primary N) is 1. The molecule has 0 aromatic carbocycles. The van der Waals surface area contributed by atoms with E-state index >= 15 is 0 Å². The van der Waals surface area contributed by atoms with Crippen molar-refractivity contribution in [1.82, 2.24) is 0 Å². The molecule has 3 heteroatoms. The van der Waals surface area contributed by atoms with Crippen LogP contribution in [-0.4, -0.2) is 28.3 Å². The van der Waals surface area contributed by atoms with Crippen LogP contribution in [0.15, 0.2) is 0 Å². The van der Waals surface area contributed by atoms with Gasteiger partial charge in [-0.1, -0.05) is 6.92 Å². The van der Waals surface area contributed by atoms with Gasteiger partial charge in [-0.25, -0.2) is 0 Å². The third-order valence-corrected chi connectivity index (χ3v) is 3.53. The number of rotatable bonds is 3. The van der Waals surface area contributed by atoms with Gasteiger partial charge < -0.3 is 10.8 Å². The predicted molar refractivity (Wildman–Crippen MR) is 49.8 cm³/mol. The van der Waals surface area contributed by atoms with Crippen LogP contribution in [0.1, 0.15) is 26.2 Å². The Labute approximate surface area is 72.5 Å². The summed E-state index contributed by atoms with van der Waals surface area (Å²) >= 11 is 1.88. The third-order valence-electron chi connectivity index (χ3n) is 2.11. The molecule has 1 fully saturated rings. The first-order valence-corrected chi connectivity index (χ1v) is 5.18. The van der Waals surface area contributed by atoms with Crippen molar-refractivity contribution in [2.24, 2.45) is 5.73 Å². The Balaban J connectivity index is 2.17.